The van der Waals surface area contributed by atoms with Gasteiger partial charge < -0.3 is 9.30 Å². The molecule has 2 aromatic heterocycles. The van der Waals surface area contributed by atoms with Crippen LogP contribution in [0.25, 0.3) is 11.3 Å². The number of pyridine rings is 1. The highest BCUT2D eigenvalue weighted by Gasteiger charge is 2.17. The van der Waals surface area contributed by atoms with E-state index in [0.717, 1.165) is 23.5 Å². The molecule has 4 nitrogen and oxygen atoms in total. The summed E-state index contributed by atoms with van der Waals surface area (Å²) in [6.07, 6.45) is 3.53. The number of rotatable bonds is 3. The lowest BCUT2D eigenvalue weighted by Crippen LogP contribution is -2.04. The van der Waals surface area contributed by atoms with Crippen LogP contribution in [0.1, 0.15) is 23.0 Å². The van der Waals surface area contributed by atoms with E-state index in [9.17, 15) is 4.79 Å². The molecule has 0 atom stereocenters. The number of aromatic nitrogens is 2. The quantitative estimate of drug-likeness (QED) is 0.780. The van der Waals surface area contributed by atoms with E-state index >= 15 is 0 Å². The molecule has 0 aliphatic carbocycles. The molecule has 0 aliphatic heterocycles. The van der Waals surface area contributed by atoms with Crippen LogP contribution >= 0.6 is 0 Å². The molecule has 0 bridgehead atoms. The zero-order valence-electron chi connectivity index (χ0n) is 10.8. The van der Waals surface area contributed by atoms with E-state index in [-0.39, 0.29) is 5.97 Å². The van der Waals surface area contributed by atoms with Crippen molar-refractivity contribution in [3.63, 3.8) is 0 Å². The predicted molar refractivity (Wildman–Crippen MR) is 69.4 cm³/mol. The maximum Gasteiger partial charge on any atom is 0.339 e. The van der Waals surface area contributed by atoms with Crippen molar-refractivity contribution in [2.45, 2.75) is 20.4 Å². The fourth-order valence-corrected chi connectivity index (χ4v) is 2.12. The lowest BCUT2D eigenvalue weighted by atomic mass is 10.2. The standard InChI is InChI=1S/C14H16N2O2/c1-4-16-10(2)12(14(17)18-3)8-13(16)11-6-5-7-15-9-11/h5-9H,4H2,1-3H3. The molecule has 94 valence electrons. The van der Waals surface area contributed by atoms with E-state index in [1.807, 2.05) is 32.0 Å². The minimum atomic E-state index is -0.301. The first-order valence-corrected chi connectivity index (χ1v) is 5.87. The third kappa shape index (κ3) is 2.01. The van der Waals surface area contributed by atoms with Crippen LogP contribution in [0, 0.1) is 6.92 Å². The average molecular weight is 244 g/mol. The highest BCUT2D eigenvalue weighted by atomic mass is 16.5. The summed E-state index contributed by atoms with van der Waals surface area (Å²) in [6.45, 7) is 4.77. The van der Waals surface area contributed by atoms with E-state index in [2.05, 4.69) is 9.55 Å². The topological polar surface area (TPSA) is 44.1 Å². The van der Waals surface area contributed by atoms with Crippen molar-refractivity contribution in [1.29, 1.82) is 0 Å². The molecule has 0 aromatic carbocycles. The Morgan fingerprint density at radius 2 is 2.28 bits per heavy atom. The molecule has 2 aromatic rings. The van der Waals surface area contributed by atoms with Crippen LogP contribution < -0.4 is 0 Å². The van der Waals surface area contributed by atoms with Gasteiger partial charge in [-0.3, -0.25) is 4.98 Å². The number of ether oxygens (including phenoxy) is 1. The van der Waals surface area contributed by atoms with Gasteiger partial charge in [-0.1, -0.05) is 0 Å². The van der Waals surface area contributed by atoms with Crippen molar-refractivity contribution in [3.8, 4) is 11.3 Å². The Bertz CT molecular complexity index is 559. The molecule has 4 heteroatoms. The number of hydrogen-bond donors (Lipinski definition) is 0. The smallest absolute Gasteiger partial charge is 0.339 e. The molecule has 0 saturated heterocycles. The van der Waals surface area contributed by atoms with Crippen molar-refractivity contribution in [2.24, 2.45) is 0 Å². The van der Waals surface area contributed by atoms with Gasteiger partial charge in [0, 0.05) is 30.2 Å². The molecule has 18 heavy (non-hydrogen) atoms. The van der Waals surface area contributed by atoms with Crippen molar-refractivity contribution < 1.29 is 9.53 Å². The fourth-order valence-electron chi connectivity index (χ4n) is 2.12. The van der Waals surface area contributed by atoms with Crippen LogP contribution in [0.15, 0.2) is 30.6 Å². The second-order valence-electron chi connectivity index (χ2n) is 4.01. The predicted octanol–water partition coefficient (Wildman–Crippen LogP) is 2.67. The second kappa shape index (κ2) is 5.04. The Kier molecular flexibility index (Phi) is 3.46. The molecular formula is C14H16N2O2. The van der Waals surface area contributed by atoms with Crippen molar-refractivity contribution in [3.05, 3.63) is 41.9 Å². The number of nitrogens with zero attached hydrogens (tertiary/aromatic N) is 2. The summed E-state index contributed by atoms with van der Waals surface area (Å²) in [6, 6.07) is 5.73. The molecule has 2 rings (SSSR count). The number of carbonyl (C=O) groups is 1. The van der Waals surface area contributed by atoms with E-state index < -0.39 is 0 Å². The maximum atomic E-state index is 11.7. The van der Waals surface area contributed by atoms with Crippen LogP contribution in [0.3, 0.4) is 0 Å². The molecule has 0 aliphatic rings. The molecule has 0 saturated carbocycles. The fraction of sp³-hybridized carbons (Fsp3) is 0.286. The monoisotopic (exact) mass is 244 g/mol. The molecule has 0 amide bonds. The summed E-state index contributed by atoms with van der Waals surface area (Å²) in [5, 5.41) is 0. The SMILES string of the molecule is CCn1c(-c2cccnc2)cc(C(=O)OC)c1C. The van der Waals surface area contributed by atoms with E-state index in [4.69, 9.17) is 4.74 Å². The first-order valence-electron chi connectivity index (χ1n) is 5.87. The van der Waals surface area contributed by atoms with Gasteiger partial charge in [0.05, 0.1) is 18.4 Å². The van der Waals surface area contributed by atoms with E-state index in [0.29, 0.717) is 5.56 Å². The van der Waals surface area contributed by atoms with Crippen LogP contribution in [-0.4, -0.2) is 22.6 Å². The minimum Gasteiger partial charge on any atom is -0.465 e. The maximum absolute atomic E-state index is 11.7. The Hall–Kier alpha value is -2.10. The van der Waals surface area contributed by atoms with Gasteiger partial charge in [-0.25, -0.2) is 4.79 Å². The first kappa shape index (κ1) is 12.4. The van der Waals surface area contributed by atoms with Gasteiger partial charge in [0.1, 0.15) is 0 Å². The normalized spacial score (nSPS) is 10.4. The van der Waals surface area contributed by atoms with Gasteiger partial charge in [0.15, 0.2) is 0 Å². The molecule has 0 fully saturated rings. The summed E-state index contributed by atoms with van der Waals surface area (Å²) in [7, 11) is 1.40. The van der Waals surface area contributed by atoms with Crippen LogP contribution in [0.2, 0.25) is 0 Å². The van der Waals surface area contributed by atoms with Gasteiger partial charge in [-0.2, -0.15) is 0 Å². The summed E-state index contributed by atoms with van der Waals surface area (Å²) in [5.74, 6) is -0.301. The summed E-state index contributed by atoms with van der Waals surface area (Å²) >= 11 is 0. The lowest BCUT2D eigenvalue weighted by molar-refractivity contribution is 0.0600. The molecule has 0 spiro atoms. The van der Waals surface area contributed by atoms with Gasteiger partial charge in [-0.05, 0) is 32.0 Å². The summed E-state index contributed by atoms with van der Waals surface area (Å²) < 4.78 is 6.88. The number of carbonyl (C=O) groups excluding carboxylic acids is 1. The Labute approximate surface area is 106 Å². The molecule has 0 radical (unpaired) electrons. The Morgan fingerprint density at radius 1 is 1.50 bits per heavy atom. The van der Waals surface area contributed by atoms with Gasteiger partial charge in [0.2, 0.25) is 0 Å². The van der Waals surface area contributed by atoms with Gasteiger partial charge in [-0.15, -0.1) is 0 Å². The zero-order valence-corrected chi connectivity index (χ0v) is 10.8. The molecular weight excluding hydrogens is 228 g/mol. The van der Waals surface area contributed by atoms with Gasteiger partial charge in [0.25, 0.3) is 0 Å². The largest absolute Gasteiger partial charge is 0.465 e. The molecule has 0 unspecified atom stereocenters. The minimum absolute atomic E-state index is 0.301. The van der Waals surface area contributed by atoms with Crippen LogP contribution in [0.4, 0.5) is 0 Å². The number of methoxy groups -OCH3 is 1. The van der Waals surface area contributed by atoms with Crippen LogP contribution in [-0.2, 0) is 11.3 Å². The first-order chi connectivity index (χ1) is 8.69. The summed E-state index contributed by atoms with van der Waals surface area (Å²) in [4.78, 5) is 15.8. The Balaban J connectivity index is 2.58. The Morgan fingerprint density at radius 3 is 2.83 bits per heavy atom. The number of hydrogen-bond acceptors (Lipinski definition) is 3. The average Bonchev–Trinajstić information content (AvgIpc) is 2.76. The summed E-state index contributed by atoms with van der Waals surface area (Å²) in [5.41, 5.74) is 3.52. The third-order valence-electron chi connectivity index (χ3n) is 3.05. The lowest BCUT2D eigenvalue weighted by Gasteiger charge is -2.08. The van der Waals surface area contributed by atoms with Crippen molar-refractivity contribution in [1.82, 2.24) is 9.55 Å². The van der Waals surface area contributed by atoms with E-state index in [1.165, 1.54) is 7.11 Å². The third-order valence-corrected chi connectivity index (χ3v) is 3.05. The van der Waals surface area contributed by atoms with E-state index in [1.54, 1.807) is 12.4 Å². The highest BCUT2D eigenvalue weighted by Crippen LogP contribution is 2.25. The zero-order chi connectivity index (χ0) is 13.1. The molecule has 2 heterocycles. The van der Waals surface area contributed by atoms with Crippen molar-refractivity contribution >= 4 is 5.97 Å². The van der Waals surface area contributed by atoms with Crippen LogP contribution in [0.5, 0.6) is 0 Å². The highest BCUT2D eigenvalue weighted by molar-refractivity contribution is 5.92. The second-order valence-corrected chi connectivity index (χ2v) is 4.01. The van der Waals surface area contributed by atoms with Crippen molar-refractivity contribution in [2.75, 3.05) is 7.11 Å². The molecule has 0 N–H and O–H groups in total. The number of esters is 1. The van der Waals surface area contributed by atoms with Gasteiger partial charge >= 0.3 is 5.97 Å².